The Morgan fingerprint density at radius 3 is 2.82 bits per heavy atom. The van der Waals surface area contributed by atoms with Gasteiger partial charge in [-0.1, -0.05) is 18.2 Å². The van der Waals surface area contributed by atoms with Gasteiger partial charge in [-0.2, -0.15) is 18.4 Å². The van der Waals surface area contributed by atoms with Gasteiger partial charge in [0.2, 0.25) is 5.82 Å². The van der Waals surface area contributed by atoms with Gasteiger partial charge >= 0.3 is 6.18 Å². The van der Waals surface area contributed by atoms with Crippen LogP contribution in [0.1, 0.15) is 72.1 Å². The van der Waals surface area contributed by atoms with Gasteiger partial charge in [0, 0.05) is 29.5 Å². The zero-order chi connectivity index (χ0) is 27.5. The maximum Gasteiger partial charge on any atom is 0.389 e. The lowest BCUT2D eigenvalue weighted by molar-refractivity contribution is -0.136. The van der Waals surface area contributed by atoms with E-state index in [1.54, 1.807) is 23.5 Å². The summed E-state index contributed by atoms with van der Waals surface area (Å²) < 4.78 is 42.6. The van der Waals surface area contributed by atoms with E-state index >= 15 is 0 Å². The average Bonchev–Trinajstić information content (AvgIpc) is 3.39. The maximum absolute atomic E-state index is 13.4. The molecular formula is C27H29F3N6O2S. The predicted octanol–water partition coefficient (Wildman–Crippen LogP) is 5.63. The van der Waals surface area contributed by atoms with Crippen LogP contribution in [0.3, 0.4) is 0 Å². The number of aromatic nitrogens is 5. The molecule has 1 aliphatic heterocycles. The predicted molar refractivity (Wildman–Crippen MR) is 141 cm³/mol. The number of aromatic amines is 1. The van der Waals surface area contributed by atoms with Crippen LogP contribution in [-0.4, -0.2) is 49.8 Å². The minimum Gasteiger partial charge on any atom is -0.494 e. The third-order valence-corrected chi connectivity index (χ3v) is 8.18. The number of carbonyl (C=O) groups is 1. The molecule has 0 spiro atoms. The van der Waals surface area contributed by atoms with Crippen molar-refractivity contribution in [2.45, 2.75) is 69.0 Å². The molecule has 0 bridgehead atoms. The quantitative estimate of drug-likeness (QED) is 0.220. The van der Waals surface area contributed by atoms with Gasteiger partial charge in [0.05, 0.1) is 17.7 Å². The number of carbonyl (C=O) groups excluding carboxylic acids is 1. The number of rotatable bonds is 12. The molecule has 1 fully saturated rings. The fourth-order valence-electron chi connectivity index (χ4n) is 4.78. The first-order chi connectivity index (χ1) is 18.8. The molecule has 1 atom stereocenters. The second kappa shape index (κ2) is 11.3. The Morgan fingerprint density at radius 2 is 2.10 bits per heavy atom. The Hall–Kier alpha value is -3.54. The third kappa shape index (κ3) is 6.73. The number of hydrogen-bond acceptors (Lipinski definition) is 7. The standard InChI is InChI=1S/C27H29F3N6O2S/c1-2-26(11-4-7-17-6-3-8-19(14-17)38-13-5-12-27(28,29)30)15-20(25-31-16-21(39-25)18-9-10-18)22(24(37)32-26)23-33-35-36-34-23/h2-3,6,8,14,16,18H,1,4-5,7,9-13,15H2,(H,32,37)(H,33,34,35,36)/t26-/m0/s1. The number of nitrogens with zero attached hydrogens (tertiary/aromatic N) is 4. The van der Waals surface area contributed by atoms with Crippen molar-refractivity contribution >= 4 is 28.4 Å². The molecule has 1 saturated carbocycles. The minimum absolute atomic E-state index is 0.00556. The van der Waals surface area contributed by atoms with E-state index in [0.717, 1.165) is 35.4 Å². The van der Waals surface area contributed by atoms with Gasteiger partial charge in [-0.15, -0.1) is 28.1 Å². The second-order valence-electron chi connectivity index (χ2n) is 9.99. The first-order valence-corrected chi connectivity index (χ1v) is 13.7. The lowest BCUT2D eigenvalue weighted by atomic mass is 9.80. The number of amides is 1. The zero-order valence-electron chi connectivity index (χ0n) is 21.3. The number of halogens is 3. The third-order valence-electron chi connectivity index (χ3n) is 6.96. The van der Waals surface area contributed by atoms with Crippen molar-refractivity contribution in [3.8, 4) is 5.75 Å². The number of hydrogen-bond donors (Lipinski definition) is 2. The Kier molecular flexibility index (Phi) is 7.83. The van der Waals surface area contributed by atoms with E-state index in [1.807, 2.05) is 24.4 Å². The molecule has 12 heteroatoms. The normalized spacial score (nSPS) is 19.7. The molecule has 0 radical (unpaired) electrons. The number of alkyl halides is 3. The summed E-state index contributed by atoms with van der Waals surface area (Å²) in [7, 11) is 0. The fourth-order valence-corrected chi connectivity index (χ4v) is 5.91. The number of benzene rings is 1. The Balaban J connectivity index is 1.27. The summed E-state index contributed by atoms with van der Waals surface area (Å²) in [6.45, 7) is 4.05. The molecule has 1 aliphatic carbocycles. The molecule has 3 heterocycles. The monoisotopic (exact) mass is 558 g/mol. The molecule has 5 rings (SSSR count). The number of H-pyrrole nitrogens is 1. The molecule has 8 nitrogen and oxygen atoms in total. The van der Waals surface area contributed by atoms with Crippen LogP contribution in [0, 0.1) is 0 Å². The average molecular weight is 559 g/mol. The van der Waals surface area contributed by atoms with Gasteiger partial charge < -0.3 is 10.1 Å². The molecule has 2 aliphatic rings. The summed E-state index contributed by atoms with van der Waals surface area (Å²) in [4.78, 5) is 19.3. The van der Waals surface area contributed by atoms with E-state index < -0.39 is 18.1 Å². The summed E-state index contributed by atoms with van der Waals surface area (Å²) in [6, 6.07) is 7.38. The Labute approximate surface area is 227 Å². The van der Waals surface area contributed by atoms with Crippen LogP contribution in [-0.2, 0) is 11.2 Å². The van der Waals surface area contributed by atoms with Crippen LogP contribution in [0.5, 0.6) is 5.75 Å². The highest BCUT2D eigenvalue weighted by atomic mass is 32.1. The van der Waals surface area contributed by atoms with Crippen molar-refractivity contribution in [3.63, 3.8) is 0 Å². The lowest BCUT2D eigenvalue weighted by Crippen LogP contribution is -2.50. The molecular weight excluding hydrogens is 529 g/mol. The molecule has 39 heavy (non-hydrogen) atoms. The number of thiazole rings is 1. The highest BCUT2D eigenvalue weighted by Gasteiger charge is 2.40. The van der Waals surface area contributed by atoms with Crippen LogP contribution in [0.4, 0.5) is 13.2 Å². The highest BCUT2D eigenvalue weighted by Crippen LogP contribution is 2.46. The molecule has 1 amide bonds. The van der Waals surface area contributed by atoms with Gasteiger partial charge in [-0.25, -0.2) is 4.98 Å². The number of ether oxygens (including phenoxy) is 1. The van der Waals surface area contributed by atoms with Crippen molar-refractivity contribution < 1.29 is 22.7 Å². The van der Waals surface area contributed by atoms with Crippen molar-refractivity contribution in [2.24, 2.45) is 0 Å². The van der Waals surface area contributed by atoms with E-state index in [-0.39, 0.29) is 24.8 Å². The second-order valence-corrected chi connectivity index (χ2v) is 11.1. The van der Waals surface area contributed by atoms with Crippen LogP contribution < -0.4 is 10.1 Å². The summed E-state index contributed by atoms with van der Waals surface area (Å²) >= 11 is 1.61. The van der Waals surface area contributed by atoms with Gasteiger partial charge in [0.15, 0.2) is 0 Å². The minimum atomic E-state index is -4.18. The van der Waals surface area contributed by atoms with E-state index in [9.17, 15) is 18.0 Å². The lowest BCUT2D eigenvalue weighted by Gasteiger charge is -2.37. The highest BCUT2D eigenvalue weighted by molar-refractivity contribution is 7.13. The van der Waals surface area contributed by atoms with Gasteiger partial charge in [-0.3, -0.25) is 4.79 Å². The first kappa shape index (κ1) is 27.0. The summed E-state index contributed by atoms with van der Waals surface area (Å²) in [5.74, 6) is 1.03. The van der Waals surface area contributed by atoms with Crippen LogP contribution >= 0.6 is 11.3 Å². The molecule has 0 saturated heterocycles. The van der Waals surface area contributed by atoms with Gasteiger partial charge in [-0.05, 0) is 67.4 Å². The van der Waals surface area contributed by atoms with E-state index in [0.29, 0.717) is 36.5 Å². The fraction of sp³-hybridized carbons (Fsp3) is 0.444. The number of aryl methyl sites for hydroxylation is 1. The van der Waals surface area contributed by atoms with Gasteiger partial charge in [0.25, 0.3) is 5.91 Å². The van der Waals surface area contributed by atoms with E-state index in [2.05, 4.69) is 37.5 Å². The van der Waals surface area contributed by atoms with Crippen molar-refractivity contribution in [1.29, 1.82) is 0 Å². The van der Waals surface area contributed by atoms with Crippen molar-refractivity contribution in [3.05, 3.63) is 64.4 Å². The molecule has 2 aromatic heterocycles. The van der Waals surface area contributed by atoms with Crippen LogP contribution in [0.2, 0.25) is 0 Å². The summed E-state index contributed by atoms with van der Waals surface area (Å²) in [5, 5.41) is 18.1. The zero-order valence-corrected chi connectivity index (χ0v) is 22.1. The Bertz CT molecular complexity index is 1350. The molecule has 3 aromatic rings. The van der Waals surface area contributed by atoms with Crippen molar-refractivity contribution in [2.75, 3.05) is 6.61 Å². The largest absolute Gasteiger partial charge is 0.494 e. The van der Waals surface area contributed by atoms with Crippen LogP contribution in [0.25, 0.3) is 11.1 Å². The Morgan fingerprint density at radius 1 is 1.26 bits per heavy atom. The van der Waals surface area contributed by atoms with E-state index in [1.165, 1.54) is 4.88 Å². The molecule has 1 aromatic carbocycles. The van der Waals surface area contributed by atoms with Gasteiger partial charge in [0.1, 0.15) is 10.8 Å². The number of nitrogens with one attached hydrogen (secondary N) is 2. The number of tetrazole rings is 1. The van der Waals surface area contributed by atoms with Crippen molar-refractivity contribution in [1.82, 2.24) is 30.9 Å². The smallest absolute Gasteiger partial charge is 0.389 e. The SMILES string of the molecule is C=C[C@]1(CCCc2cccc(OCCCC(F)(F)F)c2)CC(c2ncc(C3CC3)s2)=C(c2nn[nH]n2)C(=O)N1. The maximum atomic E-state index is 13.4. The first-order valence-electron chi connectivity index (χ1n) is 12.9. The summed E-state index contributed by atoms with van der Waals surface area (Å²) in [5.41, 5.74) is 1.47. The molecule has 206 valence electrons. The topological polar surface area (TPSA) is 106 Å². The molecule has 2 N–H and O–H groups in total. The van der Waals surface area contributed by atoms with Crippen LogP contribution in [0.15, 0.2) is 43.1 Å². The molecule has 0 unspecified atom stereocenters. The summed E-state index contributed by atoms with van der Waals surface area (Å²) in [6.07, 6.45) is 3.44. The van der Waals surface area contributed by atoms with E-state index in [4.69, 9.17) is 4.74 Å².